The molecule has 8 heteroatoms. The Hall–Kier alpha value is -2.22. The van der Waals surface area contributed by atoms with Gasteiger partial charge < -0.3 is 14.8 Å². The number of imidazole rings is 1. The molecule has 2 aromatic rings. The Balaban J connectivity index is 1.79. The molecule has 0 amide bonds. The van der Waals surface area contributed by atoms with Crippen molar-refractivity contribution in [3.05, 3.63) is 18.2 Å². The van der Waals surface area contributed by atoms with Gasteiger partial charge >= 0.3 is 5.97 Å². The van der Waals surface area contributed by atoms with Crippen LogP contribution in [0.25, 0.3) is 5.52 Å². The summed E-state index contributed by atoms with van der Waals surface area (Å²) in [6.45, 7) is 6.68. The minimum atomic E-state index is -0.339. The van der Waals surface area contributed by atoms with Gasteiger partial charge in [-0.15, -0.1) is 5.10 Å². The first-order valence-corrected chi connectivity index (χ1v) is 8.24. The van der Waals surface area contributed by atoms with Gasteiger partial charge in [-0.25, -0.2) is 14.5 Å². The third kappa shape index (κ3) is 3.81. The SMILES string of the molecule is CC(=O)O[C@@H]1COCC[C@H]1Nc1ncc2cnc(CC(C)C)n2n1. The van der Waals surface area contributed by atoms with E-state index < -0.39 is 0 Å². The van der Waals surface area contributed by atoms with Crippen LogP contribution in [0.5, 0.6) is 0 Å². The number of anilines is 1. The maximum atomic E-state index is 11.2. The molecule has 3 heterocycles. The molecule has 0 unspecified atom stereocenters. The molecule has 24 heavy (non-hydrogen) atoms. The van der Waals surface area contributed by atoms with Crippen LogP contribution in [-0.4, -0.2) is 50.9 Å². The summed E-state index contributed by atoms with van der Waals surface area (Å²) in [6, 6.07) is -0.0721. The molecule has 0 aliphatic carbocycles. The molecule has 8 nitrogen and oxygen atoms in total. The van der Waals surface area contributed by atoms with E-state index in [9.17, 15) is 4.79 Å². The van der Waals surface area contributed by atoms with Gasteiger partial charge in [-0.05, 0) is 12.3 Å². The van der Waals surface area contributed by atoms with E-state index in [-0.39, 0.29) is 18.1 Å². The molecule has 1 saturated heterocycles. The quantitative estimate of drug-likeness (QED) is 0.828. The number of aromatic nitrogens is 4. The monoisotopic (exact) mass is 333 g/mol. The molecule has 130 valence electrons. The minimum absolute atomic E-state index is 0.0721. The third-order valence-electron chi connectivity index (χ3n) is 3.88. The van der Waals surface area contributed by atoms with Crippen LogP contribution < -0.4 is 5.32 Å². The Kier molecular flexibility index (Phi) is 4.94. The van der Waals surface area contributed by atoms with Gasteiger partial charge in [0.05, 0.1) is 25.0 Å². The highest BCUT2D eigenvalue weighted by Gasteiger charge is 2.29. The van der Waals surface area contributed by atoms with Gasteiger partial charge in [0.25, 0.3) is 0 Å². The Morgan fingerprint density at radius 1 is 1.46 bits per heavy atom. The number of carbonyl (C=O) groups excluding carboxylic acids is 1. The van der Waals surface area contributed by atoms with Gasteiger partial charge in [0.2, 0.25) is 5.95 Å². The highest BCUT2D eigenvalue weighted by molar-refractivity contribution is 5.66. The third-order valence-corrected chi connectivity index (χ3v) is 3.88. The zero-order chi connectivity index (χ0) is 17.1. The Bertz CT molecular complexity index is 715. The summed E-state index contributed by atoms with van der Waals surface area (Å²) in [7, 11) is 0. The zero-order valence-corrected chi connectivity index (χ0v) is 14.2. The van der Waals surface area contributed by atoms with E-state index in [4.69, 9.17) is 9.47 Å². The second kappa shape index (κ2) is 7.12. The van der Waals surface area contributed by atoms with Crippen molar-refractivity contribution in [3.63, 3.8) is 0 Å². The van der Waals surface area contributed by atoms with Crippen LogP contribution >= 0.6 is 0 Å². The van der Waals surface area contributed by atoms with Gasteiger partial charge in [-0.3, -0.25) is 4.79 Å². The van der Waals surface area contributed by atoms with Gasteiger partial charge in [0.15, 0.2) is 0 Å². The molecule has 0 saturated carbocycles. The van der Waals surface area contributed by atoms with Crippen LogP contribution in [0.15, 0.2) is 12.4 Å². The van der Waals surface area contributed by atoms with Gasteiger partial charge in [0.1, 0.15) is 17.4 Å². The number of rotatable bonds is 5. The van der Waals surface area contributed by atoms with Crippen molar-refractivity contribution in [1.29, 1.82) is 0 Å². The average molecular weight is 333 g/mol. The summed E-state index contributed by atoms with van der Waals surface area (Å²) in [4.78, 5) is 20.0. The number of ether oxygens (including phenoxy) is 2. The van der Waals surface area contributed by atoms with Crippen LogP contribution in [-0.2, 0) is 20.7 Å². The van der Waals surface area contributed by atoms with Gasteiger partial charge in [0, 0.05) is 20.0 Å². The minimum Gasteiger partial charge on any atom is -0.458 e. The van der Waals surface area contributed by atoms with Crippen molar-refractivity contribution >= 4 is 17.4 Å². The Morgan fingerprint density at radius 2 is 2.25 bits per heavy atom. The molecule has 0 spiro atoms. The second-order valence-corrected chi connectivity index (χ2v) is 6.45. The summed E-state index contributed by atoms with van der Waals surface area (Å²) in [6.07, 6.45) is 4.75. The molecule has 3 rings (SSSR count). The number of hydrogen-bond acceptors (Lipinski definition) is 7. The van der Waals surface area contributed by atoms with E-state index >= 15 is 0 Å². The normalized spacial score (nSPS) is 21.2. The molecule has 0 bridgehead atoms. The largest absolute Gasteiger partial charge is 0.458 e. The number of fused-ring (bicyclic) bond motifs is 1. The first-order chi connectivity index (χ1) is 11.5. The molecule has 1 fully saturated rings. The standard InChI is InChI=1S/C16H23N5O3/c1-10(2)6-15-17-7-12-8-18-16(20-21(12)15)19-13-4-5-23-9-14(13)24-11(3)22/h7-8,10,13-14H,4-6,9H2,1-3H3,(H,19,20)/t13-,14-/m1/s1. The lowest BCUT2D eigenvalue weighted by Crippen LogP contribution is -2.44. The maximum Gasteiger partial charge on any atom is 0.303 e. The van der Waals surface area contributed by atoms with Crippen molar-refractivity contribution in [2.24, 2.45) is 5.92 Å². The van der Waals surface area contributed by atoms with Crippen LogP contribution in [0.4, 0.5) is 5.95 Å². The lowest BCUT2D eigenvalue weighted by molar-refractivity contribution is -0.153. The summed E-state index contributed by atoms with van der Waals surface area (Å²) < 4.78 is 12.5. The van der Waals surface area contributed by atoms with Crippen LogP contribution in [0.3, 0.4) is 0 Å². The molecule has 0 radical (unpaired) electrons. The molecule has 2 atom stereocenters. The first kappa shape index (κ1) is 16.6. The number of esters is 1. The van der Waals surface area contributed by atoms with Gasteiger partial charge in [-0.2, -0.15) is 0 Å². The predicted octanol–water partition coefficient (Wildman–Crippen LogP) is 1.46. The summed E-state index contributed by atoms with van der Waals surface area (Å²) in [5, 5.41) is 7.82. The van der Waals surface area contributed by atoms with Crippen LogP contribution in [0.1, 0.15) is 33.0 Å². The molecule has 0 aromatic carbocycles. The van der Waals surface area contributed by atoms with Crippen molar-refractivity contribution < 1.29 is 14.3 Å². The lowest BCUT2D eigenvalue weighted by Gasteiger charge is -2.31. The van der Waals surface area contributed by atoms with Crippen molar-refractivity contribution in [3.8, 4) is 0 Å². The van der Waals surface area contributed by atoms with E-state index in [2.05, 4.69) is 34.2 Å². The molecular weight excluding hydrogens is 310 g/mol. The maximum absolute atomic E-state index is 11.2. The Labute approximate surface area is 140 Å². The second-order valence-electron chi connectivity index (χ2n) is 6.45. The first-order valence-electron chi connectivity index (χ1n) is 8.24. The fourth-order valence-electron chi connectivity index (χ4n) is 2.79. The van der Waals surface area contributed by atoms with E-state index in [1.165, 1.54) is 6.92 Å². The lowest BCUT2D eigenvalue weighted by atomic mass is 10.1. The molecular formula is C16H23N5O3. The van der Waals surface area contributed by atoms with Crippen molar-refractivity contribution in [2.75, 3.05) is 18.5 Å². The smallest absolute Gasteiger partial charge is 0.303 e. The average Bonchev–Trinajstić information content (AvgIpc) is 2.91. The van der Waals surface area contributed by atoms with E-state index in [1.54, 1.807) is 12.4 Å². The Morgan fingerprint density at radius 3 is 3.00 bits per heavy atom. The summed E-state index contributed by atoms with van der Waals surface area (Å²) in [5.41, 5.74) is 0.861. The predicted molar refractivity (Wildman–Crippen MR) is 87.7 cm³/mol. The van der Waals surface area contributed by atoms with E-state index in [0.29, 0.717) is 25.1 Å². The fourth-order valence-corrected chi connectivity index (χ4v) is 2.79. The van der Waals surface area contributed by atoms with Crippen molar-refractivity contribution in [2.45, 2.75) is 45.8 Å². The number of nitrogens with one attached hydrogen (secondary N) is 1. The molecule has 1 N–H and O–H groups in total. The summed E-state index contributed by atoms with van der Waals surface area (Å²) in [5.74, 6) is 1.58. The number of hydrogen-bond donors (Lipinski definition) is 1. The van der Waals surface area contributed by atoms with Gasteiger partial charge in [-0.1, -0.05) is 13.8 Å². The van der Waals surface area contributed by atoms with E-state index in [1.807, 2.05) is 4.52 Å². The van der Waals surface area contributed by atoms with E-state index in [0.717, 1.165) is 24.2 Å². The highest BCUT2D eigenvalue weighted by atomic mass is 16.6. The number of carbonyl (C=O) groups is 1. The zero-order valence-electron chi connectivity index (χ0n) is 14.2. The molecule has 2 aromatic heterocycles. The molecule has 1 aliphatic rings. The molecule has 1 aliphatic heterocycles. The topological polar surface area (TPSA) is 90.6 Å². The van der Waals surface area contributed by atoms with Crippen LogP contribution in [0, 0.1) is 5.92 Å². The number of nitrogens with zero attached hydrogens (tertiary/aromatic N) is 4. The fraction of sp³-hybridized carbons (Fsp3) is 0.625. The summed E-state index contributed by atoms with van der Waals surface area (Å²) >= 11 is 0. The highest BCUT2D eigenvalue weighted by Crippen LogP contribution is 2.17. The van der Waals surface area contributed by atoms with Crippen molar-refractivity contribution in [1.82, 2.24) is 19.6 Å². The van der Waals surface area contributed by atoms with Crippen LogP contribution in [0.2, 0.25) is 0 Å².